The number of H-pyrrole nitrogens is 1. The highest BCUT2D eigenvalue weighted by atomic mass is 16.5. The van der Waals surface area contributed by atoms with Crippen LogP contribution in [0.25, 0.3) is 0 Å². The standard InChI is InChI=1S/C22H29N7O2/c30-20(28-9-11-31-12-10-28)18-5-2-8-29(18)22-25-16-4-1-3-15(16)19(27-22)26-21-23-13-17(24-21)14-6-7-14/h13-14,18H,1-12H2,(H2,23,24,25,26,27). The van der Waals surface area contributed by atoms with E-state index in [1.807, 2.05) is 11.1 Å². The molecule has 4 heterocycles. The summed E-state index contributed by atoms with van der Waals surface area (Å²) in [6.45, 7) is 3.39. The Labute approximate surface area is 181 Å². The minimum atomic E-state index is -0.185. The molecular weight excluding hydrogens is 394 g/mol. The van der Waals surface area contributed by atoms with E-state index in [4.69, 9.17) is 14.7 Å². The lowest BCUT2D eigenvalue weighted by Crippen LogP contribution is -2.50. The Kier molecular flexibility index (Phi) is 4.78. The molecule has 0 spiro atoms. The van der Waals surface area contributed by atoms with Gasteiger partial charge in [-0.25, -0.2) is 9.97 Å². The summed E-state index contributed by atoms with van der Waals surface area (Å²) < 4.78 is 5.42. The topological polar surface area (TPSA) is 99.3 Å². The van der Waals surface area contributed by atoms with E-state index in [2.05, 4.69) is 20.2 Å². The van der Waals surface area contributed by atoms with Crippen LogP contribution in [0.3, 0.4) is 0 Å². The van der Waals surface area contributed by atoms with Crippen LogP contribution in [0.4, 0.5) is 17.7 Å². The van der Waals surface area contributed by atoms with Gasteiger partial charge in [-0.2, -0.15) is 4.98 Å². The highest BCUT2D eigenvalue weighted by Crippen LogP contribution is 2.39. The molecule has 3 fully saturated rings. The van der Waals surface area contributed by atoms with Crippen LogP contribution in [0, 0.1) is 0 Å². The first kappa shape index (κ1) is 19.0. The Morgan fingerprint density at radius 3 is 2.81 bits per heavy atom. The van der Waals surface area contributed by atoms with Crippen LogP contribution in [0.15, 0.2) is 6.20 Å². The molecule has 2 aromatic heterocycles. The molecule has 0 bridgehead atoms. The second-order valence-corrected chi connectivity index (χ2v) is 9.03. The molecule has 4 aliphatic rings. The number of fused-ring (bicyclic) bond motifs is 1. The highest BCUT2D eigenvalue weighted by Gasteiger charge is 2.36. The summed E-state index contributed by atoms with van der Waals surface area (Å²) in [6.07, 6.45) is 9.26. The van der Waals surface area contributed by atoms with Gasteiger partial charge in [-0.15, -0.1) is 0 Å². The zero-order chi connectivity index (χ0) is 20.8. The summed E-state index contributed by atoms with van der Waals surface area (Å²) in [6, 6.07) is -0.185. The number of aromatic nitrogens is 4. The van der Waals surface area contributed by atoms with Crippen molar-refractivity contribution in [1.29, 1.82) is 0 Å². The van der Waals surface area contributed by atoms with E-state index in [1.165, 1.54) is 24.1 Å². The quantitative estimate of drug-likeness (QED) is 0.760. The maximum Gasteiger partial charge on any atom is 0.245 e. The van der Waals surface area contributed by atoms with Gasteiger partial charge in [-0.1, -0.05) is 0 Å². The van der Waals surface area contributed by atoms with E-state index in [9.17, 15) is 4.79 Å². The number of carbonyl (C=O) groups is 1. The predicted molar refractivity (Wildman–Crippen MR) is 116 cm³/mol. The second-order valence-electron chi connectivity index (χ2n) is 9.03. The lowest BCUT2D eigenvalue weighted by Gasteiger charge is -2.32. The molecule has 2 saturated heterocycles. The maximum absolute atomic E-state index is 13.2. The predicted octanol–water partition coefficient (Wildman–Crippen LogP) is 2.14. The summed E-state index contributed by atoms with van der Waals surface area (Å²) in [4.78, 5) is 35.0. The van der Waals surface area contributed by atoms with Crippen molar-refractivity contribution in [2.75, 3.05) is 43.1 Å². The summed E-state index contributed by atoms with van der Waals surface area (Å²) in [5, 5.41) is 3.42. The molecule has 31 heavy (non-hydrogen) atoms. The number of anilines is 3. The summed E-state index contributed by atoms with van der Waals surface area (Å²) in [5.74, 6) is 3.05. The SMILES string of the molecule is O=C(C1CCCN1c1nc2c(c(Nc3ncc(C4CC4)[nH]3)n1)CCC2)N1CCOCC1. The largest absolute Gasteiger partial charge is 0.378 e. The minimum absolute atomic E-state index is 0.180. The second kappa shape index (κ2) is 7.78. The normalized spacial score (nSPS) is 23.3. The highest BCUT2D eigenvalue weighted by molar-refractivity contribution is 5.85. The van der Waals surface area contributed by atoms with Crippen molar-refractivity contribution in [3.05, 3.63) is 23.1 Å². The third kappa shape index (κ3) is 3.64. The number of nitrogens with zero attached hydrogens (tertiary/aromatic N) is 5. The fourth-order valence-corrected chi connectivity index (χ4v) is 5.02. The molecule has 2 N–H and O–H groups in total. The summed E-state index contributed by atoms with van der Waals surface area (Å²) in [7, 11) is 0. The molecule has 164 valence electrons. The average molecular weight is 424 g/mol. The third-order valence-corrected chi connectivity index (χ3v) is 6.89. The molecule has 2 aromatic rings. The molecule has 1 saturated carbocycles. The van der Waals surface area contributed by atoms with Crippen molar-refractivity contribution in [3.8, 4) is 0 Å². The van der Waals surface area contributed by atoms with Gasteiger partial charge in [-0.3, -0.25) is 4.79 Å². The van der Waals surface area contributed by atoms with Crippen LogP contribution >= 0.6 is 0 Å². The number of imidazole rings is 1. The van der Waals surface area contributed by atoms with Gasteiger partial charge >= 0.3 is 0 Å². The Balaban J connectivity index is 1.27. The van der Waals surface area contributed by atoms with Crippen LogP contribution in [0.5, 0.6) is 0 Å². The Morgan fingerprint density at radius 1 is 1.10 bits per heavy atom. The maximum atomic E-state index is 13.2. The van der Waals surface area contributed by atoms with Crippen molar-refractivity contribution >= 4 is 23.6 Å². The Morgan fingerprint density at radius 2 is 1.97 bits per heavy atom. The fourth-order valence-electron chi connectivity index (χ4n) is 5.02. The molecule has 2 aliphatic heterocycles. The average Bonchev–Trinajstić information content (AvgIpc) is 3.20. The van der Waals surface area contributed by atoms with Crippen LogP contribution in [-0.4, -0.2) is 69.6 Å². The number of nitrogens with one attached hydrogen (secondary N) is 2. The molecule has 0 radical (unpaired) electrons. The van der Waals surface area contributed by atoms with Gasteiger partial charge in [0.1, 0.15) is 11.9 Å². The monoisotopic (exact) mass is 423 g/mol. The van der Waals surface area contributed by atoms with Crippen LogP contribution in [0.1, 0.15) is 55.0 Å². The molecule has 1 atom stereocenters. The number of aromatic amines is 1. The number of aryl methyl sites for hydroxylation is 1. The van der Waals surface area contributed by atoms with Gasteiger partial charge in [0.15, 0.2) is 0 Å². The van der Waals surface area contributed by atoms with Crippen molar-refractivity contribution < 1.29 is 9.53 Å². The number of hydrogen-bond acceptors (Lipinski definition) is 7. The van der Waals surface area contributed by atoms with Crippen molar-refractivity contribution in [3.63, 3.8) is 0 Å². The first-order chi connectivity index (χ1) is 15.3. The molecule has 6 rings (SSSR count). The first-order valence-electron chi connectivity index (χ1n) is 11.6. The van der Waals surface area contributed by atoms with Crippen LogP contribution < -0.4 is 10.2 Å². The Hall–Kier alpha value is -2.68. The molecule has 1 unspecified atom stereocenters. The zero-order valence-corrected chi connectivity index (χ0v) is 17.8. The van der Waals surface area contributed by atoms with Gasteiger partial charge in [0.2, 0.25) is 17.8 Å². The summed E-state index contributed by atoms with van der Waals surface area (Å²) in [5.41, 5.74) is 3.48. The van der Waals surface area contributed by atoms with Gasteiger partial charge in [0.25, 0.3) is 0 Å². The number of morpholine rings is 1. The van der Waals surface area contributed by atoms with E-state index in [0.717, 1.165) is 56.1 Å². The van der Waals surface area contributed by atoms with E-state index >= 15 is 0 Å². The van der Waals surface area contributed by atoms with Gasteiger partial charge in [-0.05, 0) is 44.9 Å². The lowest BCUT2D eigenvalue weighted by molar-refractivity contribution is -0.136. The van der Waals surface area contributed by atoms with Crippen LogP contribution in [-0.2, 0) is 22.4 Å². The van der Waals surface area contributed by atoms with Crippen molar-refractivity contribution in [2.24, 2.45) is 0 Å². The van der Waals surface area contributed by atoms with Gasteiger partial charge in [0.05, 0.1) is 25.1 Å². The van der Waals surface area contributed by atoms with Gasteiger partial charge in [0, 0.05) is 36.8 Å². The molecule has 9 nitrogen and oxygen atoms in total. The number of ether oxygens (including phenoxy) is 1. The third-order valence-electron chi connectivity index (χ3n) is 6.89. The van der Waals surface area contributed by atoms with Gasteiger partial charge < -0.3 is 24.8 Å². The van der Waals surface area contributed by atoms with E-state index in [0.29, 0.717) is 38.2 Å². The number of carbonyl (C=O) groups excluding carboxylic acids is 1. The summed E-state index contributed by atoms with van der Waals surface area (Å²) >= 11 is 0. The van der Waals surface area contributed by atoms with E-state index in [1.54, 1.807) is 0 Å². The molecule has 1 amide bonds. The first-order valence-corrected chi connectivity index (χ1v) is 11.6. The molecule has 2 aliphatic carbocycles. The van der Waals surface area contributed by atoms with E-state index < -0.39 is 0 Å². The minimum Gasteiger partial charge on any atom is -0.378 e. The smallest absolute Gasteiger partial charge is 0.245 e. The number of rotatable bonds is 5. The molecule has 0 aromatic carbocycles. The zero-order valence-electron chi connectivity index (χ0n) is 17.8. The Bertz CT molecular complexity index is 980. The molecule has 9 heteroatoms. The lowest BCUT2D eigenvalue weighted by atomic mass is 10.2. The number of amides is 1. The van der Waals surface area contributed by atoms with Crippen molar-refractivity contribution in [2.45, 2.75) is 56.9 Å². The fraction of sp³-hybridized carbons (Fsp3) is 0.636. The van der Waals surface area contributed by atoms with Crippen LogP contribution in [0.2, 0.25) is 0 Å². The number of hydrogen-bond donors (Lipinski definition) is 2. The van der Waals surface area contributed by atoms with E-state index in [-0.39, 0.29) is 11.9 Å². The van der Waals surface area contributed by atoms with Crippen molar-refractivity contribution in [1.82, 2.24) is 24.8 Å². The molecular formula is C22H29N7O2.